The van der Waals surface area contributed by atoms with Gasteiger partial charge in [-0.25, -0.2) is 0 Å². The van der Waals surface area contributed by atoms with Gasteiger partial charge in [-0.2, -0.15) is 0 Å². The Labute approximate surface area is 102 Å². The topological polar surface area (TPSA) is 29.1 Å². The molecule has 0 bridgehead atoms. The second-order valence-electron chi connectivity index (χ2n) is 2.74. The maximum atomic E-state index is 11.5. The largest absolute Gasteiger partial charge is 0.341 e. The van der Waals surface area contributed by atoms with Gasteiger partial charge in [-0.15, -0.1) is 5.92 Å². The Balaban J connectivity index is 2.72. The Bertz CT molecular complexity index is 434. The van der Waals surface area contributed by atoms with Crippen molar-refractivity contribution in [3.63, 3.8) is 0 Å². The van der Waals surface area contributed by atoms with Crippen LogP contribution in [0.15, 0.2) is 22.7 Å². The third-order valence-electron chi connectivity index (χ3n) is 1.70. The average Bonchev–Trinajstić information content (AvgIpc) is 2.22. The van der Waals surface area contributed by atoms with Crippen molar-refractivity contribution >= 4 is 33.4 Å². The maximum Gasteiger partial charge on any atom is 0.252 e. The van der Waals surface area contributed by atoms with Crippen molar-refractivity contribution in [3.8, 4) is 11.8 Å². The van der Waals surface area contributed by atoms with Crippen molar-refractivity contribution in [3.05, 3.63) is 33.3 Å². The van der Waals surface area contributed by atoms with Crippen LogP contribution >= 0.6 is 27.5 Å². The van der Waals surface area contributed by atoms with Gasteiger partial charge in [0.05, 0.1) is 11.6 Å². The molecule has 0 saturated carbocycles. The van der Waals surface area contributed by atoms with Gasteiger partial charge in [-0.3, -0.25) is 4.79 Å². The summed E-state index contributed by atoms with van der Waals surface area (Å²) in [5.74, 6) is 5.30. The molecule has 0 unspecified atom stereocenters. The minimum absolute atomic E-state index is 0.157. The standard InChI is InChI=1S/C11H9BrClNO/c1-2-3-6-14-11(15)8-4-5-10(13)9(12)7-8/h4-5,7H,6H2,1H3,(H,14,15). The summed E-state index contributed by atoms with van der Waals surface area (Å²) in [5.41, 5.74) is 0.559. The van der Waals surface area contributed by atoms with Crippen molar-refractivity contribution in [2.75, 3.05) is 6.54 Å². The number of benzene rings is 1. The van der Waals surface area contributed by atoms with Gasteiger partial charge in [0.15, 0.2) is 0 Å². The molecule has 78 valence electrons. The van der Waals surface area contributed by atoms with E-state index in [0.29, 0.717) is 21.6 Å². The zero-order valence-corrected chi connectivity index (χ0v) is 10.4. The molecular formula is C11H9BrClNO. The zero-order valence-electron chi connectivity index (χ0n) is 8.10. The van der Waals surface area contributed by atoms with Crippen LogP contribution in [0.25, 0.3) is 0 Å². The van der Waals surface area contributed by atoms with Gasteiger partial charge in [0.2, 0.25) is 0 Å². The number of rotatable bonds is 2. The van der Waals surface area contributed by atoms with Crippen molar-refractivity contribution in [2.45, 2.75) is 6.92 Å². The molecule has 0 fully saturated rings. The normalized spacial score (nSPS) is 9.00. The molecule has 15 heavy (non-hydrogen) atoms. The van der Waals surface area contributed by atoms with Crippen LogP contribution in [-0.2, 0) is 0 Å². The fourth-order valence-electron chi connectivity index (χ4n) is 0.952. The number of carbonyl (C=O) groups is 1. The van der Waals surface area contributed by atoms with E-state index in [2.05, 4.69) is 33.1 Å². The lowest BCUT2D eigenvalue weighted by molar-refractivity contribution is 0.0958. The van der Waals surface area contributed by atoms with E-state index in [-0.39, 0.29) is 5.91 Å². The number of halogens is 2. The Kier molecular flexibility index (Phi) is 4.67. The van der Waals surface area contributed by atoms with Crippen LogP contribution in [0.1, 0.15) is 17.3 Å². The highest BCUT2D eigenvalue weighted by Gasteiger charge is 2.06. The van der Waals surface area contributed by atoms with Gasteiger partial charge in [-0.1, -0.05) is 17.5 Å². The first-order valence-corrected chi connectivity index (χ1v) is 5.45. The average molecular weight is 287 g/mol. The molecule has 1 aromatic carbocycles. The van der Waals surface area contributed by atoms with Crippen LogP contribution in [0, 0.1) is 11.8 Å². The summed E-state index contributed by atoms with van der Waals surface area (Å²) >= 11 is 9.07. The highest BCUT2D eigenvalue weighted by molar-refractivity contribution is 9.10. The Morgan fingerprint density at radius 2 is 2.33 bits per heavy atom. The summed E-state index contributed by atoms with van der Waals surface area (Å²) in [5, 5.41) is 3.25. The smallest absolute Gasteiger partial charge is 0.252 e. The zero-order chi connectivity index (χ0) is 11.3. The molecule has 0 radical (unpaired) electrons. The Morgan fingerprint density at radius 1 is 1.60 bits per heavy atom. The molecule has 0 heterocycles. The molecule has 1 aromatic rings. The van der Waals surface area contributed by atoms with E-state index in [4.69, 9.17) is 11.6 Å². The maximum absolute atomic E-state index is 11.5. The van der Waals surface area contributed by atoms with E-state index < -0.39 is 0 Å². The molecule has 0 spiro atoms. The summed E-state index contributed by atoms with van der Waals surface area (Å²) in [4.78, 5) is 11.5. The highest BCUT2D eigenvalue weighted by Crippen LogP contribution is 2.22. The lowest BCUT2D eigenvalue weighted by Crippen LogP contribution is -2.23. The molecule has 0 aromatic heterocycles. The van der Waals surface area contributed by atoms with Crippen molar-refractivity contribution in [1.29, 1.82) is 0 Å². The monoisotopic (exact) mass is 285 g/mol. The van der Waals surface area contributed by atoms with Crippen LogP contribution in [0.3, 0.4) is 0 Å². The first-order valence-electron chi connectivity index (χ1n) is 4.28. The minimum Gasteiger partial charge on any atom is -0.341 e. The summed E-state index contributed by atoms with van der Waals surface area (Å²) < 4.78 is 0.707. The van der Waals surface area contributed by atoms with Crippen LogP contribution in [0.2, 0.25) is 5.02 Å². The van der Waals surface area contributed by atoms with E-state index in [1.807, 2.05) is 0 Å². The van der Waals surface area contributed by atoms with E-state index in [1.165, 1.54) is 0 Å². The van der Waals surface area contributed by atoms with Crippen LogP contribution in [0.5, 0.6) is 0 Å². The predicted octanol–water partition coefficient (Wildman–Crippen LogP) is 2.86. The van der Waals surface area contributed by atoms with E-state index in [9.17, 15) is 4.79 Å². The minimum atomic E-state index is -0.157. The third kappa shape index (κ3) is 3.58. The third-order valence-corrected chi connectivity index (χ3v) is 2.91. The molecule has 2 nitrogen and oxygen atoms in total. The Morgan fingerprint density at radius 3 is 2.93 bits per heavy atom. The molecular weight excluding hydrogens is 277 g/mol. The molecule has 0 aliphatic carbocycles. The molecule has 0 atom stereocenters. The second-order valence-corrected chi connectivity index (χ2v) is 4.00. The summed E-state index contributed by atoms with van der Waals surface area (Å²) in [6.07, 6.45) is 0. The SMILES string of the molecule is CC#CCNC(=O)c1ccc(Cl)c(Br)c1. The van der Waals surface area contributed by atoms with Crippen molar-refractivity contribution < 1.29 is 4.79 Å². The van der Waals surface area contributed by atoms with Gasteiger partial charge < -0.3 is 5.32 Å². The number of hydrogen-bond acceptors (Lipinski definition) is 1. The molecule has 0 aliphatic heterocycles. The summed E-state index contributed by atoms with van der Waals surface area (Å²) in [7, 11) is 0. The lowest BCUT2D eigenvalue weighted by Gasteiger charge is -2.02. The van der Waals surface area contributed by atoms with Crippen LogP contribution in [0.4, 0.5) is 0 Å². The number of hydrogen-bond donors (Lipinski definition) is 1. The number of nitrogens with one attached hydrogen (secondary N) is 1. The Hall–Kier alpha value is -0.980. The van der Waals surface area contributed by atoms with Gasteiger partial charge in [0, 0.05) is 10.0 Å². The molecule has 1 N–H and O–H groups in total. The van der Waals surface area contributed by atoms with Crippen molar-refractivity contribution in [2.24, 2.45) is 0 Å². The first kappa shape index (κ1) is 12.1. The van der Waals surface area contributed by atoms with E-state index in [1.54, 1.807) is 25.1 Å². The molecule has 1 amide bonds. The first-order chi connectivity index (χ1) is 7.15. The highest BCUT2D eigenvalue weighted by atomic mass is 79.9. The van der Waals surface area contributed by atoms with Gasteiger partial charge in [0.1, 0.15) is 0 Å². The fourth-order valence-corrected chi connectivity index (χ4v) is 1.45. The molecule has 1 rings (SSSR count). The van der Waals surface area contributed by atoms with Crippen LogP contribution in [-0.4, -0.2) is 12.5 Å². The number of amides is 1. The fraction of sp³-hybridized carbons (Fsp3) is 0.182. The van der Waals surface area contributed by atoms with Crippen molar-refractivity contribution in [1.82, 2.24) is 5.32 Å². The van der Waals surface area contributed by atoms with Crippen LogP contribution < -0.4 is 5.32 Å². The second kappa shape index (κ2) is 5.79. The van der Waals surface area contributed by atoms with E-state index in [0.717, 1.165) is 0 Å². The van der Waals surface area contributed by atoms with Gasteiger partial charge >= 0.3 is 0 Å². The van der Waals surface area contributed by atoms with Gasteiger partial charge in [-0.05, 0) is 41.1 Å². The quantitative estimate of drug-likeness (QED) is 0.832. The molecule has 0 saturated heterocycles. The summed E-state index contributed by atoms with van der Waals surface area (Å²) in [6.45, 7) is 2.08. The summed E-state index contributed by atoms with van der Waals surface area (Å²) in [6, 6.07) is 5.02. The molecule has 0 aliphatic rings. The van der Waals surface area contributed by atoms with Gasteiger partial charge in [0.25, 0.3) is 5.91 Å². The number of carbonyl (C=O) groups excluding carboxylic acids is 1. The van der Waals surface area contributed by atoms with E-state index >= 15 is 0 Å². The predicted molar refractivity (Wildman–Crippen MR) is 64.9 cm³/mol. The lowest BCUT2D eigenvalue weighted by atomic mass is 10.2. The molecule has 4 heteroatoms.